The van der Waals surface area contributed by atoms with Crippen LogP contribution in [0.5, 0.6) is 0 Å². The molecular formula is C25H26N6O. The third-order valence-electron chi connectivity index (χ3n) is 5.12. The number of aryl methyl sites for hydroxylation is 2. The zero-order valence-corrected chi connectivity index (χ0v) is 18.7. The number of nitrogens with zero attached hydrogens (tertiary/aromatic N) is 5. The second kappa shape index (κ2) is 9.09. The molecule has 162 valence electrons. The smallest absolute Gasteiger partial charge is 0.251 e. The van der Waals surface area contributed by atoms with Crippen LogP contribution in [0.25, 0.3) is 22.5 Å². The first-order valence-electron chi connectivity index (χ1n) is 10.6. The van der Waals surface area contributed by atoms with E-state index in [4.69, 9.17) is 0 Å². The fourth-order valence-electron chi connectivity index (χ4n) is 3.43. The van der Waals surface area contributed by atoms with Gasteiger partial charge in [0.15, 0.2) is 0 Å². The Balaban J connectivity index is 1.71. The standard InChI is InChI=1S/C25H26N6O/c1-16(2)31-24(7-8-30-31)20-9-19(23-6-5-17(3)12-28-23)10-21(11-20)25(32)29-15-22-14-26-18(4)13-27-22/h5-14,16H,15H2,1-4H3,(H,29,32). The summed E-state index contributed by atoms with van der Waals surface area (Å²) in [5.41, 5.74) is 6.73. The molecule has 32 heavy (non-hydrogen) atoms. The van der Waals surface area contributed by atoms with Gasteiger partial charge >= 0.3 is 0 Å². The third-order valence-corrected chi connectivity index (χ3v) is 5.12. The Morgan fingerprint density at radius 1 is 0.969 bits per heavy atom. The van der Waals surface area contributed by atoms with Crippen LogP contribution in [0.3, 0.4) is 0 Å². The molecule has 4 rings (SSSR count). The second-order valence-corrected chi connectivity index (χ2v) is 8.11. The van der Waals surface area contributed by atoms with Gasteiger partial charge in [-0.3, -0.25) is 24.4 Å². The average Bonchev–Trinajstić information content (AvgIpc) is 3.29. The number of amides is 1. The first kappa shape index (κ1) is 21.4. The second-order valence-electron chi connectivity index (χ2n) is 8.11. The number of hydrogen-bond donors (Lipinski definition) is 1. The van der Waals surface area contributed by atoms with Crippen LogP contribution in [0.2, 0.25) is 0 Å². The van der Waals surface area contributed by atoms with E-state index in [0.29, 0.717) is 17.8 Å². The van der Waals surface area contributed by atoms with Crippen LogP contribution in [0.1, 0.15) is 47.2 Å². The molecule has 1 amide bonds. The summed E-state index contributed by atoms with van der Waals surface area (Å²) in [6.45, 7) is 8.35. The van der Waals surface area contributed by atoms with Crippen molar-refractivity contribution in [2.75, 3.05) is 0 Å². The molecule has 0 fully saturated rings. The maximum absolute atomic E-state index is 13.1. The highest BCUT2D eigenvalue weighted by atomic mass is 16.1. The van der Waals surface area contributed by atoms with Gasteiger partial charge in [0.1, 0.15) is 0 Å². The van der Waals surface area contributed by atoms with E-state index in [0.717, 1.165) is 33.8 Å². The van der Waals surface area contributed by atoms with Gasteiger partial charge in [0.2, 0.25) is 0 Å². The van der Waals surface area contributed by atoms with Gasteiger partial charge in [0, 0.05) is 41.3 Å². The lowest BCUT2D eigenvalue weighted by molar-refractivity contribution is 0.0950. The van der Waals surface area contributed by atoms with E-state index in [-0.39, 0.29) is 11.9 Å². The van der Waals surface area contributed by atoms with Gasteiger partial charge in [-0.15, -0.1) is 0 Å². The maximum Gasteiger partial charge on any atom is 0.251 e. The summed E-state index contributed by atoms with van der Waals surface area (Å²) >= 11 is 0. The van der Waals surface area contributed by atoms with Crippen molar-refractivity contribution in [3.8, 4) is 22.5 Å². The van der Waals surface area contributed by atoms with Crippen molar-refractivity contribution in [1.82, 2.24) is 30.0 Å². The van der Waals surface area contributed by atoms with Gasteiger partial charge in [-0.1, -0.05) is 6.07 Å². The van der Waals surface area contributed by atoms with Crippen molar-refractivity contribution < 1.29 is 4.79 Å². The molecule has 3 heterocycles. The first-order chi connectivity index (χ1) is 15.4. The molecule has 0 atom stereocenters. The van der Waals surface area contributed by atoms with Crippen molar-refractivity contribution in [2.24, 2.45) is 0 Å². The van der Waals surface area contributed by atoms with Crippen LogP contribution in [0.15, 0.2) is 61.2 Å². The van der Waals surface area contributed by atoms with Crippen molar-refractivity contribution in [3.63, 3.8) is 0 Å². The van der Waals surface area contributed by atoms with Gasteiger partial charge < -0.3 is 5.32 Å². The largest absolute Gasteiger partial charge is 0.346 e. The molecule has 0 aliphatic carbocycles. The summed E-state index contributed by atoms with van der Waals surface area (Å²) in [4.78, 5) is 26.2. The highest BCUT2D eigenvalue weighted by Crippen LogP contribution is 2.29. The molecule has 0 bridgehead atoms. The molecule has 0 radical (unpaired) electrons. The van der Waals surface area contributed by atoms with E-state index in [1.807, 2.05) is 55.1 Å². The highest BCUT2D eigenvalue weighted by molar-refractivity contribution is 5.97. The highest BCUT2D eigenvalue weighted by Gasteiger charge is 2.15. The van der Waals surface area contributed by atoms with Crippen LogP contribution in [0, 0.1) is 13.8 Å². The molecule has 0 unspecified atom stereocenters. The lowest BCUT2D eigenvalue weighted by Crippen LogP contribution is -2.23. The number of nitrogens with one attached hydrogen (secondary N) is 1. The van der Waals surface area contributed by atoms with Crippen molar-refractivity contribution >= 4 is 5.91 Å². The molecule has 0 saturated carbocycles. The number of carbonyl (C=O) groups is 1. The van der Waals surface area contributed by atoms with Crippen molar-refractivity contribution in [2.45, 2.75) is 40.3 Å². The number of benzene rings is 1. The summed E-state index contributed by atoms with van der Waals surface area (Å²) in [5, 5.41) is 7.40. The lowest BCUT2D eigenvalue weighted by Gasteiger charge is -2.14. The van der Waals surface area contributed by atoms with Gasteiger partial charge in [0.25, 0.3) is 5.91 Å². The number of pyridine rings is 1. The third kappa shape index (κ3) is 4.72. The SMILES string of the molecule is Cc1ccc(-c2cc(C(=O)NCc3cnc(C)cn3)cc(-c3ccnn3C(C)C)c2)nc1. The lowest BCUT2D eigenvalue weighted by atomic mass is 10.00. The number of carbonyl (C=O) groups excluding carboxylic acids is 1. The van der Waals surface area contributed by atoms with Gasteiger partial charge in [-0.25, -0.2) is 0 Å². The van der Waals surface area contributed by atoms with E-state index in [2.05, 4.69) is 45.3 Å². The van der Waals surface area contributed by atoms with Gasteiger partial charge in [0.05, 0.1) is 35.5 Å². The van der Waals surface area contributed by atoms with E-state index in [1.54, 1.807) is 18.6 Å². The normalized spacial score (nSPS) is 11.0. The number of aromatic nitrogens is 5. The molecule has 0 saturated heterocycles. The molecule has 0 aliphatic heterocycles. The van der Waals surface area contributed by atoms with Crippen LogP contribution < -0.4 is 5.32 Å². The Morgan fingerprint density at radius 3 is 2.47 bits per heavy atom. The van der Waals surface area contributed by atoms with Crippen LogP contribution in [-0.4, -0.2) is 30.6 Å². The molecule has 4 aromatic rings. The monoisotopic (exact) mass is 426 g/mol. The Kier molecular flexibility index (Phi) is 6.07. The molecular weight excluding hydrogens is 400 g/mol. The van der Waals surface area contributed by atoms with Crippen molar-refractivity contribution in [3.05, 3.63) is 83.7 Å². The fraction of sp³-hybridized carbons (Fsp3) is 0.240. The topological polar surface area (TPSA) is 85.6 Å². The summed E-state index contributed by atoms with van der Waals surface area (Å²) in [6.07, 6.45) is 6.98. The number of hydrogen-bond acceptors (Lipinski definition) is 5. The Morgan fingerprint density at radius 2 is 1.78 bits per heavy atom. The van der Waals surface area contributed by atoms with Crippen LogP contribution >= 0.6 is 0 Å². The van der Waals surface area contributed by atoms with E-state index in [1.165, 1.54) is 0 Å². The van der Waals surface area contributed by atoms with E-state index < -0.39 is 0 Å². The fourth-order valence-corrected chi connectivity index (χ4v) is 3.43. The summed E-state index contributed by atoms with van der Waals surface area (Å²) in [6, 6.07) is 12.0. The van der Waals surface area contributed by atoms with Crippen LogP contribution in [0.4, 0.5) is 0 Å². The maximum atomic E-state index is 13.1. The molecule has 0 spiro atoms. The molecule has 7 heteroatoms. The molecule has 1 aromatic carbocycles. The van der Waals surface area contributed by atoms with Gasteiger partial charge in [-0.2, -0.15) is 5.10 Å². The molecule has 3 aromatic heterocycles. The summed E-state index contributed by atoms with van der Waals surface area (Å²) < 4.78 is 1.95. The van der Waals surface area contributed by atoms with Gasteiger partial charge in [-0.05, 0) is 63.6 Å². The Bertz CT molecular complexity index is 1230. The quantitative estimate of drug-likeness (QED) is 0.490. The van der Waals surface area contributed by atoms with E-state index >= 15 is 0 Å². The predicted octanol–water partition coefficient (Wildman–Crippen LogP) is 4.53. The average molecular weight is 427 g/mol. The molecule has 7 nitrogen and oxygen atoms in total. The Hall–Kier alpha value is -3.87. The number of rotatable bonds is 6. The minimum absolute atomic E-state index is 0.182. The zero-order chi connectivity index (χ0) is 22.7. The zero-order valence-electron chi connectivity index (χ0n) is 18.7. The molecule has 1 N–H and O–H groups in total. The van der Waals surface area contributed by atoms with Crippen molar-refractivity contribution in [1.29, 1.82) is 0 Å². The van der Waals surface area contributed by atoms with E-state index in [9.17, 15) is 4.79 Å². The molecule has 0 aliphatic rings. The predicted molar refractivity (Wildman–Crippen MR) is 124 cm³/mol. The summed E-state index contributed by atoms with van der Waals surface area (Å²) in [5.74, 6) is -0.182. The summed E-state index contributed by atoms with van der Waals surface area (Å²) in [7, 11) is 0. The Labute approximate surface area is 187 Å². The minimum Gasteiger partial charge on any atom is -0.346 e. The van der Waals surface area contributed by atoms with Crippen LogP contribution in [-0.2, 0) is 6.54 Å². The first-order valence-corrected chi connectivity index (χ1v) is 10.6. The minimum atomic E-state index is -0.182.